The average molecular weight is 329 g/mol. The number of hydrogen-bond donors (Lipinski definition) is 1. The Morgan fingerprint density at radius 1 is 1.26 bits per heavy atom. The number of carbonyl (C=O) groups excluding carboxylic acids is 2. The third kappa shape index (κ3) is 9.94. The highest BCUT2D eigenvalue weighted by Gasteiger charge is 2.26. The predicted molar refractivity (Wildman–Crippen MR) is 89.1 cm³/mol. The second-order valence-corrected chi connectivity index (χ2v) is 6.43. The van der Waals surface area contributed by atoms with E-state index in [4.69, 9.17) is 4.74 Å². The molecule has 0 radical (unpaired) electrons. The largest absolute Gasteiger partial charge is 0.469 e. The van der Waals surface area contributed by atoms with Crippen molar-refractivity contribution in [2.75, 3.05) is 20.3 Å². The minimum absolute atomic E-state index is 0.135. The van der Waals surface area contributed by atoms with Crippen LogP contribution in [-0.2, 0) is 14.3 Å². The van der Waals surface area contributed by atoms with Gasteiger partial charge in [0, 0.05) is 13.0 Å². The molecule has 0 fully saturated rings. The van der Waals surface area contributed by atoms with E-state index in [1.165, 1.54) is 12.0 Å². The lowest BCUT2D eigenvalue weighted by atomic mass is 10.1. The smallest absolute Gasteiger partial charge is 0.410 e. The highest BCUT2D eigenvalue weighted by Crippen LogP contribution is 2.16. The Hall–Kier alpha value is -1.56. The molecule has 0 aliphatic carbocycles. The van der Waals surface area contributed by atoms with Crippen LogP contribution in [0.1, 0.15) is 52.9 Å². The molecule has 1 amide bonds. The third-order valence-electron chi connectivity index (χ3n) is 3.25. The van der Waals surface area contributed by atoms with Gasteiger partial charge >= 0.3 is 12.1 Å². The predicted octanol–water partition coefficient (Wildman–Crippen LogP) is 2.89. The van der Waals surface area contributed by atoms with Crippen molar-refractivity contribution >= 4 is 12.1 Å². The van der Waals surface area contributed by atoms with E-state index in [0.717, 1.165) is 19.3 Å². The second kappa shape index (κ2) is 11.0. The van der Waals surface area contributed by atoms with E-state index in [9.17, 15) is 14.7 Å². The highest BCUT2D eigenvalue weighted by molar-refractivity contribution is 5.69. The van der Waals surface area contributed by atoms with Crippen LogP contribution in [0.3, 0.4) is 0 Å². The summed E-state index contributed by atoms with van der Waals surface area (Å²) < 4.78 is 9.96. The van der Waals surface area contributed by atoms with Crippen LogP contribution in [-0.4, -0.2) is 54.0 Å². The summed E-state index contributed by atoms with van der Waals surface area (Å²) in [6, 6.07) is -0.319. The molecule has 0 aromatic carbocycles. The van der Waals surface area contributed by atoms with Gasteiger partial charge in [0.05, 0.1) is 19.8 Å². The molecule has 0 aliphatic heterocycles. The first-order valence-electron chi connectivity index (χ1n) is 8.03. The summed E-state index contributed by atoms with van der Waals surface area (Å²) in [7, 11) is 1.37. The molecule has 0 bridgehead atoms. The normalized spacial score (nSPS) is 12.4. The number of aliphatic hydroxyl groups is 1. The molecular formula is C17H31NO5. The number of nitrogens with zero attached hydrogens (tertiary/aromatic N) is 1. The molecule has 23 heavy (non-hydrogen) atoms. The van der Waals surface area contributed by atoms with Gasteiger partial charge in [0.1, 0.15) is 5.60 Å². The molecule has 134 valence electrons. The highest BCUT2D eigenvalue weighted by atomic mass is 16.6. The number of ether oxygens (including phenoxy) is 2. The van der Waals surface area contributed by atoms with Crippen LogP contribution < -0.4 is 0 Å². The van der Waals surface area contributed by atoms with E-state index in [2.05, 4.69) is 11.3 Å². The summed E-state index contributed by atoms with van der Waals surface area (Å²) in [5, 5.41) is 9.60. The summed E-state index contributed by atoms with van der Waals surface area (Å²) >= 11 is 0. The number of hydrogen-bond acceptors (Lipinski definition) is 5. The van der Waals surface area contributed by atoms with Crippen molar-refractivity contribution in [2.45, 2.75) is 64.5 Å². The maximum Gasteiger partial charge on any atom is 0.410 e. The molecule has 1 N–H and O–H groups in total. The third-order valence-corrected chi connectivity index (χ3v) is 3.25. The van der Waals surface area contributed by atoms with Crippen LogP contribution in [0.2, 0.25) is 0 Å². The Labute approximate surface area is 139 Å². The SMILES string of the molecule is C=CCN(C(=O)OC(C)(C)C)[C@H](CO)CCCCCC(=O)OC. The number of esters is 1. The Morgan fingerprint density at radius 3 is 2.39 bits per heavy atom. The number of carbonyl (C=O) groups is 2. The molecule has 0 aromatic heterocycles. The summed E-state index contributed by atoms with van der Waals surface area (Å²) in [5.74, 6) is -0.217. The van der Waals surface area contributed by atoms with Gasteiger partial charge in [0.25, 0.3) is 0 Å². The number of rotatable bonds is 10. The van der Waals surface area contributed by atoms with E-state index < -0.39 is 11.7 Å². The van der Waals surface area contributed by atoms with Gasteiger partial charge in [-0.25, -0.2) is 4.79 Å². The van der Waals surface area contributed by atoms with Crippen molar-refractivity contribution in [1.82, 2.24) is 4.90 Å². The molecule has 0 spiro atoms. The molecule has 0 saturated heterocycles. The van der Waals surface area contributed by atoms with Gasteiger partial charge in [0.2, 0.25) is 0 Å². The van der Waals surface area contributed by atoms with Crippen molar-refractivity contribution in [3.63, 3.8) is 0 Å². The first-order chi connectivity index (χ1) is 10.7. The van der Waals surface area contributed by atoms with Crippen molar-refractivity contribution in [3.8, 4) is 0 Å². The topological polar surface area (TPSA) is 76.1 Å². The molecule has 6 heteroatoms. The quantitative estimate of drug-likeness (QED) is 0.379. The number of unbranched alkanes of at least 4 members (excludes halogenated alkanes) is 2. The van der Waals surface area contributed by atoms with Crippen molar-refractivity contribution in [1.29, 1.82) is 0 Å². The Morgan fingerprint density at radius 2 is 1.91 bits per heavy atom. The fraction of sp³-hybridized carbons (Fsp3) is 0.765. The molecule has 1 atom stereocenters. The average Bonchev–Trinajstić information content (AvgIpc) is 2.47. The molecule has 0 heterocycles. The van der Waals surface area contributed by atoms with Crippen LogP contribution >= 0.6 is 0 Å². The van der Waals surface area contributed by atoms with Gasteiger partial charge < -0.3 is 14.6 Å². The zero-order chi connectivity index (χ0) is 17.9. The van der Waals surface area contributed by atoms with Gasteiger partial charge in [-0.1, -0.05) is 18.9 Å². The lowest BCUT2D eigenvalue weighted by Gasteiger charge is -2.32. The molecular weight excluding hydrogens is 298 g/mol. The summed E-state index contributed by atoms with van der Waals surface area (Å²) in [6.07, 6.45) is 4.57. The summed E-state index contributed by atoms with van der Waals surface area (Å²) in [5.41, 5.74) is -0.586. The van der Waals surface area contributed by atoms with Crippen LogP contribution in [0.4, 0.5) is 4.79 Å². The molecule has 6 nitrogen and oxygen atoms in total. The molecule has 0 saturated carbocycles. The lowest BCUT2D eigenvalue weighted by molar-refractivity contribution is -0.140. The summed E-state index contributed by atoms with van der Waals surface area (Å²) in [6.45, 7) is 9.25. The van der Waals surface area contributed by atoms with Crippen LogP contribution in [0.25, 0.3) is 0 Å². The van der Waals surface area contributed by atoms with E-state index in [1.54, 1.807) is 26.8 Å². The van der Waals surface area contributed by atoms with Crippen molar-refractivity contribution < 1.29 is 24.2 Å². The Balaban J connectivity index is 4.45. The standard InChI is InChI=1S/C17H31NO5/c1-6-12-18(16(21)23-17(2,3)4)14(13-19)10-8-7-9-11-15(20)22-5/h6,14,19H,1,7-13H2,2-5H3/t14-/m0/s1. The van der Waals surface area contributed by atoms with Crippen LogP contribution in [0.15, 0.2) is 12.7 Å². The van der Waals surface area contributed by atoms with Gasteiger partial charge in [-0.15, -0.1) is 6.58 Å². The summed E-state index contributed by atoms with van der Waals surface area (Å²) in [4.78, 5) is 24.8. The van der Waals surface area contributed by atoms with E-state index in [0.29, 0.717) is 19.4 Å². The van der Waals surface area contributed by atoms with Gasteiger partial charge in [0.15, 0.2) is 0 Å². The Bertz CT molecular complexity index is 376. The van der Waals surface area contributed by atoms with Crippen molar-refractivity contribution in [2.24, 2.45) is 0 Å². The first kappa shape index (κ1) is 21.4. The number of amides is 1. The van der Waals surface area contributed by atoms with Gasteiger partial charge in [-0.3, -0.25) is 9.69 Å². The van der Waals surface area contributed by atoms with E-state index in [1.807, 2.05) is 0 Å². The Kier molecular flexibility index (Phi) is 10.3. The first-order valence-corrected chi connectivity index (χ1v) is 8.03. The van der Waals surface area contributed by atoms with Crippen LogP contribution in [0.5, 0.6) is 0 Å². The van der Waals surface area contributed by atoms with E-state index in [-0.39, 0.29) is 18.6 Å². The number of methoxy groups -OCH3 is 1. The van der Waals surface area contributed by atoms with Crippen LogP contribution in [0, 0.1) is 0 Å². The van der Waals surface area contributed by atoms with Gasteiger partial charge in [-0.05, 0) is 33.6 Å². The van der Waals surface area contributed by atoms with E-state index >= 15 is 0 Å². The zero-order valence-electron chi connectivity index (χ0n) is 14.8. The molecule has 0 aromatic rings. The zero-order valence-corrected chi connectivity index (χ0v) is 14.8. The minimum atomic E-state index is -0.586. The second-order valence-electron chi connectivity index (χ2n) is 6.43. The monoisotopic (exact) mass is 329 g/mol. The minimum Gasteiger partial charge on any atom is -0.469 e. The maximum absolute atomic E-state index is 12.2. The maximum atomic E-state index is 12.2. The van der Waals surface area contributed by atoms with Crippen molar-refractivity contribution in [3.05, 3.63) is 12.7 Å². The molecule has 0 aliphatic rings. The molecule has 0 rings (SSSR count). The fourth-order valence-corrected chi connectivity index (χ4v) is 2.11. The molecule has 0 unspecified atom stereocenters. The van der Waals surface area contributed by atoms with Gasteiger partial charge in [-0.2, -0.15) is 0 Å². The fourth-order valence-electron chi connectivity index (χ4n) is 2.11. The number of aliphatic hydroxyl groups excluding tert-OH is 1. The lowest BCUT2D eigenvalue weighted by Crippen LogP contribution is -2.45.